The number of carboxylic acid groups (broad SMARTS) is 1. The summed E-state index contributed by atoms with van der Waals surface area (Å²) in [6.07, 6.45) is 8.66. The first-order chi connectivity index (χ1) is 8.96. The van der Waals surface area contributed by atoms with Gasteiger partial charge in [-0.2, -0.15) is 0 Å². The highest BCUT2D eigenvalue weighted by molar-refractivity contribution is 5.69. The Kier molecular flexibility index (Phi) is 3.36. The van der Waals surface area contributed by atoms with Gasteiger partial charge in [0.15, 0.2) is 0 Å². The van der Waals surface area contributed by atoms with E-state index >= 15 is 0 Å². The number of carboxylic acids is 1. The molecule has 0 amide bonds. The van der Waals surface area contributed by atoms with Crippen molar-refractivity contribution in [2.75, 3.05) is 20.1 Å². The predicted octanol–water partition coefficient (Wildman–Crippen LogP) is 2.86. The molecule has 0 saturated heterocycles. The maximum atomic E-state index is 11.0. The molecule has 108 valence electrons. The topological polar surface area (TPSA) is 40.5 Å². The minimum absolute atomic E-state index is 0.251. The Labute approximate surface area is 116 Å². The fourth-order valence-corrected chi connectivity index (χ4v) is 5.67. The molecular formula is C16H27NO2. The van der Waals surface area contributed by atoms with Crippen molar-refractivity contribution in [1.82, 2.24) is 4.90 Å². The summed E-state index contributed by atoms with van der Waals surface area (Å²) >= 11 is 0. The van der Waals surface area contributed by atoms with Crippen LogP contribution in [0.25, 0.3) is 0 Å². The molecule has 3 heteroatoms. The third-order valence-corrected chi connectivity index (χ3v) is 5.78. The van der Waals surface area contributed by atoms with E-state index in [0.29, 0.717) is 12.0 Å². The third-order valence-electron chi connectivity index (χ3n) is 5.78. The van der Waals surface area contributed by atoms with Crippen molar-refractivity contribution < 1.29 is 9.90 Å². The van der Waals surface area contributed by atoms with E-state index < -0.39 is 5.97 Å². The molecule has 4 aliphatic carbocycles. The van der Waals surface area contributed by atoms with Crippen LogP contribution in [0, 0.1) is 29.1 Å². The van der Waals surface area contributed by atoms with Gasteiger partial charge in [-0.15, -0.1) is 0 Å². The second kappa shape index (κ2) is 4.76. The zero-order valence-electron chi connectivity index (χ0n) is 12.3. The highest BCUT2D eigenvalue weighted by Crippen LogP contribution is 2.60. The van der Waals surface area contributed by atoms with Gasteiger partial charge in [0.25, 0.3) is 0 Å². The van der Waals surface area contributed by atoms with E-state index in [1.54, 1.807) is 0 Å². The molecule has 0 heterocycles. The van der Waals surface area contributed by atoms with Crippen molar-refractivity contribution >= 4 is 5.97 Å². The Morgan fingerprint density at radius 2 is 1.68 bits per heavy atom. The van der Waals surface area contributed by atoms with Crippen LogP contribution in [0.5, 0.6) is 0 Å². The SMILES string of the molecule is CC(CN(C)CC12CC3CC(CC(C3)C1)C2)C(=O)O. The first-order valence-corrected chi connectivity index (χ1v) is 7.87. The maximum Gasteiger partial charge on any atom is 0.307 e. The van der Waals surface area contributed by atoms with Crippen molar-refractivity contribution in [3.63, 3.8) is 0 Å². The number of carbonyl (C=O) groups is 1. The van der Waals surface area contributed by atoms with Crippen molar-refractivity contribution in [2.24, 2.45) is 29.1 Å². The number of rotatable bonds is 5. The van der Waals surface area contributed by atoms with Gasteiger partial charge in [0.05, 0.1) is 5.92 Å². The fourth-order valence-electron chi connectivity index (χ4n) is 5.67. The van der Waals surface area contributed by atoms with Crippen molar-refractivity contribution in [3.05, 3.63) is 0 Å². The van der Waals surface area contributed by atoms with E-state index in [9.17, 15) is 4.79 Å². The summed E-state index contributed by atoms with van der Waals surface area (Å²) in [4.78, 5) is 13.3. The molecule has 3 nitrogen and oxygen atoms in total. The van der Waals surface area contributed by atoms with Gasteiger partial charge in [-0.05, 0) is 68.7 Å². The van der Waals surface area contributed by atoms with Crippen molar-refractivity contribution in [1.29, 1.82) is 0 Å². The molecule has 0 radical (unpaired) electrons. The molecule has 1 N–H and O–H groups in total. The lowest BCUT2D eigenvalue weighted by molar-refractivity contribution is -0.142. The smallest absolute Gasteiger partial charge is 0.307 e. The highest BCUT2D eigenvalue weighted by Gasteiger charge is 2.50. The van der Waals surface area contributed by atoms with Crippen LogP contribution < -0.4 is 0 Å². The molecule has 4 rings (SSSR count). The summed E-state index contributed by atoms with van der Waals surface area (Å²) in [5.41, 5.74) is 0.529. The summed E-state index contributed by atoms with van der Waals surface area (Å²) in [5.74, 6) is 2.03. The Morgan fingerprint density at radius 1 is 1.21 bits per heavy atom. The fraction of sp³-hybridized carbons (Fsp3) is 0.938. The molecule has 4 bridgehead atoms. The van der Waals surface area contributed by atoms with E-state index in [-0.39, 0.29) is 5.92 Å². The zero-order valence-corrected chi connectivity index (χ0v) is 12.3. The number of nitrogens with zero attached hydrogens (tertiary/aromatic N) is 1. The van der Waals surface area contributed by atoms with Gasteiger partial charge in [0, 0.05) is 13.1 Å². The minimum atomic E-state index is -0.669. The van der Waals surface area contributed by atoms with E-state index in [1.807, 2.05) is 6.92 Å². The maximum absolute atomic E-state index is 11.0. The lowest BCUT2D eigenvalue weighted by Gasteiger charge is -2.57. The molecule has 4 fully saturated rings. The van der Waals surface area contributed by atoms with Crippen LogP contribution in [0.4, 0.5) is 0 Å². The molecule has 4 aliphatic rings. The molecular weight excluding hydrogens is 238 g/mol. The van der Waals surface area contributed by atoms with Gasteiger partial charge in [-0.1, -0.05) is 6.92 Å². The van der Waals surface area contributed by atoms with Gasteiger partial charge in [0.2, 0.25) is 0 Å². The standard InChI is InChI=1S/C16H27NO2/c1-11(15(18)19)9-17(2)10-16-6-12-3-13(7-16)5-14(4-12)8-16/h11-14H,3-10H2,1-2H3,(H,18,19). The zero-order chi connectivity index (χ0) is 13.6. The summed E-state index contributed by atoms with van der Waals surface area (Å²) in [7, 11) is 2.11. The molecule has 0 spiro atoms. The summed E-state index contributed by atoms with van der Waals surface area (Å²) in [6.45, 7) is 3.63. The van der Waals surface area contributed by atoms with Crippen LogP contribution in [-0.4, -0.2) is 36.1 Å². The normalized spacial score (nSPS) is 41.7. The molecule has 1 unspecified atom stereocenters. The van der Waals surface area contributed by atoms with Gasteiger partial charge in [-0.25, -0.2) is 0 Å². The highest BCUT2D eigenvalue weighted by atomic mass is 16.4. The van der Waals surface area contributed by atoms with Crippen LogP contribution in [0.15, 0.2) is 0 Å². The first kappa shape index (κ1) is 13.4. The monoisotopic (exact) mass is 265 g/mol. The molecule has 0 aromatic carbocycles. The van der Waals surface area contributed by atoms with Gasteiger partial charge in [-0.3, -0.25) is 4.79 Å². The van der Waals surface area contributed by atoms with Gasteiger partial charge < -0.3 is 10.0 Å². The lowest BCUT2D eigenvalue weighted by atomic mass is 9.49. The lowest BCUT2D eigenvalue weighted by Crippen LogP contribution is -2.51. The molecule has 1 atom stereocenters. The first-order valence-electron chi connectivity index (χ1n) is 7.87. The van der Waals surface area contributed by atoms with Crippen LogP contribution >= 0.6 is 0 Å². The molecule has 0 aliphatic heterocycles. The Hall–Kier alpha value is -0.570. The number of hydrogen-bond acceptors (Lipinski definition) is 2. The minimum Gasteiger partial charge on any atom is -0.481 e. The average Bonchev–Trinajstić information content (AvgIpc) is 2.25. The summed E-state index contributed by atoms with van der Waals surface area (Å²) < 4.78 is 0. The average molecular weight is 265 g/mol. The van der Waals surface area contributed by atoms with E-state index in [1.165, 1.54) is 38.5 Å². The Morgan fingerprint density at radius 3 is 2.11 bits per heavy atom. The Bertz CT molecular complexity index is 330. The van der Waals surface area contributed by atoms with E-state index in [4.69, 9.17) is 5.11 Å². The second-order valence-electron chi connectivity index (χ2n) is 7.85. The Balaban J connectivity index is 1.61. The predicted molar refractivity (Wildman–Crippen MR) is 74.9 cm³/mol. The largest absolute Gasteiger partial charge is 0.481 e. The summed E-state index contributed by atoms with van der Waals surface area (Å²) in [6, 6.07) is 0. The van der Waals surface area contributed by atoms with Gasteiger partial charge in [0.1, 0.15) is 0 Å². The van der Waals surface area contributed by atoms with Crippen LogP contribution in [0.2, 0.25) is 0 Å². The van der Waals surface area contributed by atoms with Gasteiger partial charge >= 0.3 is 5.97 Å². The number of aliphatic carboxylic acids is 1. The molecule has 19 heavy (non-hydrogen) atoms. The molecule has 0 aromatic rings. The third kappa shape index (κ3) is 2.67. The quantitative estimate of drug-likeness (QED) is 0.831. The van der Waals surface area contributed by atoms with Crippen molar-refractivity contribution in [3.8, 4) is 0 Å². The molecule has 0 aromatic heterocycles. The van der Waals surface area contributed by atoms with Crippen LogP contribution in [0.1, 0.15) is 45.4 Å². The van der Waals surface area contributed by atoms with Crippen LogP contribution in [0.3, 0.4) is 0 Å². The van der Waals surface area contributed by atoms with Crippen LogP contribution in [-0.2, 0) is 4.79 Å². The second-order valence-corrected chi connectivity index (χ2v) is 7.85. The van der Waals surface area contributed by atoms with E-state index in [2.05, 4.69) is 11.9 Å². The summed E-state index contributed by atoms with van der Waals surface area (Å²) in [5, 5.41) is 9.03. The van der Waals surface area contributed by atoms with E-state index in [0.717, 1.165) is 24.3 Å². The number of hydrogen-bond donors (Lipinski definition) is 1. The van der Waals surface area contributed by atoms with Crippen molar-refractivity contribution in [2.45, 2.75) is 45.4 Å². The molecule has 4 saturated carbocycles.